The Bertz CT molecular complexity index is 938. The van der Waals surface area contributed by atoms with E-state index in [2.05, 4.69) is 0 Å². The number of hydrogen-bond acceptors (Lipinski definition) is 3. The van der Waals surface area contributed by atoms with Crippen molar-refractivity contribution in [3.63, 3.8) is 0 Å². The van der Waals surface area contributed by atoms with Gasteiger partial charge in [-0.05, 0) is 48.1 Å². The molecule has 3 nitrogen and oxygen atoms in total. The van der Waals surface area contributed by atoms with Gasteiger partial charge in [0.2, 0.25) is 0 Å². The number of hydrogen-bond donors (Lipinski definition) is 0. The van der Waals surface area contributed by atoms with Crippen molar-refractivity contribution < 1.29 is 27.4 Å². The van der Waals surface area contributed by atoms with Gasteiger partial charge in [-0.3, -0.25) is 4.79 Å². The van der Waals surface area contributed by atoms with Gasteiger partial charge in [-0.25, -0.2) is 0 Å². The van der Waals surface area contributed by atoms with E-state index in [1.54, 1.807) is 45.0 Å². The molecular formula is C23H22ClF3O3. The Hall–Kier alpha value is -2.47. The van der Waals surface area contributed by atoms with Gasteiger partial charge in [-0.15, -0.1) is 0 Å². The topological polar surface area (TPSA) is 35.5 Å². The van der Waals surface area contributed by atoms with E-state index in [1.807, 2.05) is 30.3 Å². The van der Waals surface area contributed by atoms with Gasteiger partial charge in [0.15, 0.2) is 0 Å². The van der Waals surface area contributed by atoms with Crippen molar-refractivity contribution in [3.05, 3.63) is 71.3 Å². The Morgan fingerprint density at radius 2 is 1.73 bits per heavy atom. The maximum absolute atomic E-state index is 12.7. The molecule has 0 heterocycles. The highest BCUT2D eigenvalue weighted by atomic mass is 35.5. The molecule has 3 atom stereocenters. The standard InChI is InChI=1S/C23H22ClF3O3/c1-14(15-8-7-11-17(12-15)30-16-9-5-4-6-10-16)29-21(28)20-18(22(20,2)3)13-19(24)23(25,26)27/h4-14,18,20H,1-3H3/b19-13-/t14-,18+,20+/m1/s1. The predicted molar refractivity (Wildman–Crippen MR) is 108 cm³/mol. The van der Waals surface area contributed by atoms with Crippen LogP contribution in [0.2, 0.25) is 0 Å². The Labute approximate surface area is 178 Å². The molecule has 2 aromatic rings. The minimum atomic E-state index is -4.62. The van der Waals surface area contributed by atoms with Crippen molar-refractivity contribution in [3.8, 4) is 11.5 Å². The van der Waals surface area contributed by atoms with Gasteiger partial charge in [0.25, 0.3) is 0 Å². The first-order chi connectivity index (χ1) is 14.0. The lowest BCUT2D eigenvalue weighted by Gasteiger charge is -2.15. The Kier molecular flexibility index (Phi) is 6.18. The molecule has 3 rings (SSSR count). The van der Waals surface area contributed by atoms with Gasteiger partial charge in [0, 0.05) is 0 Å². The Morgan fingerprint density at radius 3 is 2.37 bits per heavy atom. The SMILES string of the molecule is C[C@@H](OC(=O)[C@@H]1[C@H](/C=C(\Cl)C(F)(F)F)C1(C)C)c1cccc(Oc2ccccc2)c1. The lowest BCUT2D eigenvalue weighted by atomic mass is 10.1. The Morgan fingerprint density at radius 1 is 1.10 bits per heavy atom. The van der Waals surface area contributed by atoms with Crippen molar-refractivity contribution in [2.75, 3.05) is 0 Å². The van der Waals surface area contributed by atoms with E-state index in [-0.39, 0.29) is 0 Å². The van der Waals surface area contributed by atoms with Gasteiger partial charge >= 0.3 is 12.1 Å². The maximum Gasteiger partial charge on any atom is 0.426 e. The summed E-state index contributed by atoms with van der Waals surface area (Å²) in [5, 5.41) is -1.21. The monoisotopic (exact) mass is 438 g/mol. The van der Waals surface area contributed by atoms with Crippen molar-refractivity contribution >= 4 is 17.6 Å². The first-order valence-electron chi connectivity index (χ1n) is 9.48. The number of carbonyl (C=O) groups excluding carboxylic acids is 1. The molecular weight excluding hydrogens is 417 g/mol. The molecule has 0 spiro atoms. The zero-order valence-corrected chi connectivity index (χ0v) is 17.5. The summed E-state index contributed by atoms with van der Waals surface area (Å²) in [6.45, 7) is 5.15. The molecule has 7 heteroatoms. The Balaban J connectivity index is 1.67. The summed E-state index contributed by atoms with van der Waals surface area (Å²) in [5.41, 5.74) is 0.0659. The van der Waals surface area contributed by atoms with E-state index < -0.39 is 40.5 Å². The van der Waals surface area contributed by atoms with Gasteiger partial charge < -0.3 is 9.47 Å². The van der Waals surface area contributed by atoms with Crippen molar-refractivity contribution in [1.29, 1.82) is 0 Å². The molecule has 0 aliphatic heterocycles. The minimum absolute atomic E-state index is 0.547. The highest BCUT2D eigenvalue weighted by molar-refractivity contribution is 6.30. The quantitative estimate of drug-likeness (QED) is 0.454. The van der Waals surface area contributed by atoms with Crippen LogP contribution in [-0.2, 0) is 9.53 Å². The number of alkyl halides is 3. The number of esters is 1. The zero-order valence-electron chi connectivity index (χ0n) is 16.7. The first kappa shape index (κ1) is 22.2. The summed E-state index contributed by atoms with van der Waals surface area (Å²) < 4.78 is 49.5. The van der Waals surface area contributed by atoms with E-state index in [4.69, 9.17) is 21.1 Å². The largest absolute Gasteiger partial charge is 0.458 e. The van der Waals surface area contributed by atoms with Crippen LogP contribution in [0.1, 0.15) is 32.4 Å². The number of benzene rings is 2. The summed E-state index contributed by atoms with van der Waals surface area (Å²) in [7, 11) is 0. The normalized spacial score (nSPS) is 21.6. The molecule has 2 aromatic carbocycles. The molecule has 0 radical (unpaired) electrons. The van der Waals surface area contributed by atoms with E-state index >= 15 is 0 Å². The first-order valence-corrected chi connectivity index (χ1v) is 9.86. The van der Waals surface area contributed by atoms with Crippen LogP contribution in [-0.4, -0.2) is 12.1 Å². The van der Waals surface area contributed by atoms with Crippen molar-refractivity contribution in [1.82, 2.24) is 0 Å². The van der Waals surface area contributed by atoms with Crippen LogP contribution in [0.5, 0.6) is 11.5 Å². The number of allylic oxidation sites excluding steroid dienone is 2. The van der Waals surface area contributed by atoms with E-state index in [9.17, 15) is 18.0 Å². The molecule has 0 amide bonds. The lowest BCUT2D eigenvalue weighted by Crippen LogP contribution is -2.14. The zero-order chi connectivity index (χ0) is 22.1. The summed E-state index contributed by atoms with van der Waals surface area (Å²) in [5.74, 6) is -0.588. The number of ether oxygens (including phenoxy) is 2. The van der Waals surface area contributed by atoms with Crippen LogP contribution in [0.3, 0.4) is 0 Å². The molecule has 0 unspecified atom stereocenters. The summed E-state index contributed by atoms with van der Waals surface area (Å²) in [6.07, 6.45) is -4.30. The average molecular weight is 439 g/mol. The fourth-order valence-electron chi connectivity index (χ4n) is 3.46. The maximum atomic E-state index is 12.7. The highest BCUT2D eigenvalue weighted by Gasteiger charge is 2.62. The molecule has 1 saturated carbocycles. The lowest BCUT2D eigenvalue weighted by molar-refractivity contribution is -0.151. The summed E-state index contributed by atoms with van der Waals surface area (Å²) in [4.78, 5) is 12.6. The van der Waals surface area contributed by atoms with Gasteiger partial charge in [-0.2, -0.15) is 13.2 Å². The number of para-hydroxylation sites is 1. The highest BCUT2D eigenvalue weighted by Crippen LogP contribution is 2.60. The van der Waals surface area contributed by atoms with Crippen molar-refractivity contribution in [2.24, 2.45) is 17.3 Å². The van der Waals surface area contributed by atoms with E-state index in [0.717, 1.165) is 11.6 Å². The number of rotatable bonds is 6. The average Bonchev–Trinajstić information content (AvgIpc) is 3.22. The summed E-state index contributed by atoms with van der Waals surface area (Å²) >= 11 is 5.34. The van der Waals surface area contributed by atoms with Gasteiger partial charge in [-0.1, -0.05) is 61.9 Å². The third kappa shape index (κ3) is 4.98. The molecule has 0 N–H and O–H groups in total. The van der Waals surface area contributed by atoms with E-state index in [1.165, 1.54) is 0 Å². The third-order valence-electron chi connectivity index (χ3n) is 5.36. The predicted octanol–water partition coefficient (Wildman–Crippen LogP) is 7.04. The minimum Gasteiger partial charge on any atom is -0.458 e. The fourth-order valence-corrected chi connectivity index (χ4v) is 3.60. The molecule has 1 aliphatic carbocycles. The molecule has 0 saturated heterocycles. The van der Waals surface area contributed by atoms with E-state index in [0.29, 0.717) is 11.5 Å². The molecule has 0 bridgehead atoms. The second-order valence-electron chi connectivity index (χ2n) is 7.90. The molecule has 1 fully saturated rings. The fraction of sp³-hybridized carbons (Fsp3) is 0.348. The molecule has 0 aromatic heterocycles. The molecule has 160 valence electrons. The van der Waals surface area contributed by atoms with Gasteiger partial charge in [0.1, 0.15) is 22.6 Å². The third-order valence-corrected chi connectivity index (χ3v) is 5.70. The van der Waals surface area contributed by atoms with Gasteiger partial charge in [0.05, 0.1) is 5.92 Å². The van der Waals surface area contributed by atoms with Crippen LogP contribution >= 0.6 is 11.6 Å². The van der Waals surface area contributed by atoms with Crippen LogP contribution in [0.25, 0.3) is 0 Å². The second-order valence-corrected chi connectivity index (χ2v) is 8.31. The van der Waals surface area contributed by atoms with Crippen LogP contribution in [0, 0.1) is 17.3 Å². The van der Waals surface area contributed by atoms with Crippen LogP contribution in [0.4, 0.5) is 13.2 Å². The van der Waals surface area contributed by atoms with Crippen LogP contribution < -0.4 is 4.74 Å². The summed E-state index contributed by atoms with van der Waals surface area (Å²) in [6, 6.07) is 16.4. The second kappa shape index (κ2) is 8.34. The molecule has 30 heavy (non-hydrogen) atoms. The van der Waals surface area contributed by atoms with Crippen molar-refractivity contribution in [2.45, 2.75) is 33.1 Å². The molecule has 1 aliphatic rings. The smallest absolute Gasteiger partial charge is 0.426 e. The van der Waals surface area contributed by atoms with Crippen LogP contribution in [0.15, 0.2) is 65.7 Å². The number of carbonyl (C=O) groups is 1. The number of halogens is 4.